The standard InChI is InChI=1S/C16H17N5O2S2/c22-12-7-3-2-6-11(12)14-17-13(20-23-14)10-24-16-19-18-15(25-16)21-8-4-1-5-9-21/h2-3,6-7,22H,1,4-5,8-10H2. The molecule has 0 aliphatic carbocycles. The first-order valence-electron chi connectivity index (χ1n) is 8.12. The van der Waals surface area contributed by atoms with Gasteiger partial charge in [-0.1, -0.05) is 40.4 Å². The molecule has 1 saturated heterocycles. The fourth-order valence-corrected chi connectivity index (χ4v) is 4.41. The van der Waals surface area contributed by atoms with Crippen LogP contribution in [-0.2, 0) is 5.75 Å². The third-order valence-electron chi connectivity index (χ3n) is 3.95. The summed E-state index contributed by atoms with van der Waals surface area (Å²) in [5.41, 5.74) is 0.537. The molecule has 3 aromatic rings. The number of piperidine rings is 1. The fraction of sp³-hybridized carbons (Fsp3) is 0.375. The Balaban J connectivity index is 1.39. The number of aromatic hydroxyl groups is 1. The van der Waals surface area contributed by atoms with Crippen LogP contribution in [0.1, 0.15) is 25.1 Å². The summed E-state index contributed by atoms with van der Waals surface area (Å²) in [5.74, 6) is 1.56. The summed E-state index contributed by atoms with van der Waals surface area (Å²) in [7, 11) is 0. The van der Waals surface area contributed by atoms with Crippen molar-refractivity contribution in [1.82, 2.24) is 20.3 Å². The van der Waals surface area contributed by atoms with Crippen LogP contribution in [0.25, 0.3) is 11.5 Å². The second-order valence-corrected chi connectivity index (χ2v) is 7.90. The minimum Gasteiger partial charge on any atom is -0.507 e. The molecule has 0 spiro atoms. The number of aromatic nitrogens is 4. The zero-order valence-electron chi connectivity index (χ0n) is 13.5. The summed E-state index contributed by atoms with van der Waals surface area (Å²) >= 11 is 3.15. The highest BCUT2D eigenvalue weighted by Crippen LogP contribution is 2.32. The molecule has 25 heavy (non-hydrogen) atoms. The van der Waals surface area contributed by atoms with E-state index in [9.17, 15) is 5.11 Å². The maximum Gasteiger partial charge on any atom is 0.261 e. The Morgan fingerprint density at radius 2 is 2.00 bits per heavy atom. The molecule has 1 aliphatic rings. The summed E-state index contributed by atoms with van der Waals surface area (Å²) in [6.07, 6.45) is 3.74. The molecule has 0 saturated carbocycles. The molecule has 2 aromatic heterocycles. The highest BCUT2D eigenvalue weighted by molar-refractivity contribution is 8.00. The Labute approximate surface area is 153 Å². The summed E-state index contributed by atoms with van der Waals surface area (Å²) in [4.78, 5) is 6.64. The summed E-state index contributed by atoms with van der Waals surface area (Å²) < 4.78 is 6.14. The molecule has 1 N–H and O–H groups in total. The monoisotopic (exact) mass is 375 g/mol. The van der Waals surface area contributed by atoms with Gasteiger partial charge in [0, 0.05) is 13.1 Å². The van der Waals surface area contributed by atoms with Crippen molar-refractivity contribution in [2.45, 2.75) is 29.4 Å². The molecule has 4 rings (SSSR count). The minimum atomic E-state index is 0.126. The molecular weight excluding hydrogens is 358 g/mol. The van der Waals surface area contributed by atoms with E-state index in [0.717, 1.165) is 22.6 Å². The quantitative estimate of drug-likeness (QED) is 0.677. The Morgan fingerprint density at radius 1 is 1.16 bits per heavy atom. The van der Waals surface area contributed by atoms with E-state index < -0.39 is 0 Å². The van der Waals surface area contributed by atoms with Crippen LogP contribution in [0.15, 0.2) is 33.1 Å². The number of phenols is 1. The molecule has 7 nitrogen and oxygen atoms in total. The van der Waals surface area contributed by atoms with Gasteiger partial charge in [-0.2, -0.15) is 4.98 Å². The van der Waals surface area contributed by atoms with Crippen molar-refractivity contribution in [2.24, 2.45) is 0 Å². The van der Waals surface area contributed by atoms with Gasteiger partial charge in [0.25, 0.3) is 5.89 Å². The molecule has 0 bridgehead atoms. The number of thioether (sulfide) groups is 1. The highest BCUT2D eigenvalue weighted by atomic mass is 32.2. The van der Waals surface area contributed by atoms with Crippen LogP contribution in [0.3, 0.4) is 0 Å². The largest absolute Gasteiger partial charge is 0.507 e. The lowest BCUT2D eigenvalue weighted by Crippen LogP contribution is -2.29. The number of hydrogen-bond donors (Lipinski definition) is 1. The van der Waals surface area contributed by atoms with Gasteiger partial charge in [-0.3, -0.25) is 0 Å². The molecule has 1 aliphatic heterocycles. The van der Waals surface area contributed by atoms with Crippen molar-refractivity contribution in [3.05, 3.63) is 30.1 Å². The number of hydrogen-bond acceptors (Lipinski definition) is 9. The van der Waals surface area contributed by atoms with Gasteiger partial charge in [-0.15, -0.1) is 10.2 Å². The first-order valence-corrected chi connectivity index (χ1v) is 9.92. The molecule has 0 amide bonds. The minimum absolute atomic E-state index is 0.126. The topological polar surface area (TPSA) is 88.2 Å². The Kier molecular flexibility index (Phi) is 4.84. The van der Waals surface area contributed by atoms with E-state index in [4.69, 9.17) is 4.52 Å². The number of para-hydroxylation sites is 1. The zero-order valence-corrected chi connectivity index (χ0v) is 15.1. The van der Waals surface area contributed by atoms with Crippen LogP contribution in [-0.4, -0.2) is 38.5 Å². The van der Waals surface area contributed by atoms with Gasteiger partial charge in [-0.05, 0) is 31.4 Å². The van der Waals surface area contributed by atoms with Crippen LogP contribution in [0.4, 0.5) is 5.13 Å². The number of phenolic OH excluding ortho intramolecular Hbond substituents is 1. The number of rotatable bonds is 5. The molecule has 0 atom stereocenters. The normalized spacial score (nSPS) is 14.8. The average Bonchev–Trinajstić information content (AvgIpc) is 3.31. The summed E-state index contributed by atoms with van der Waals surface area (Å²) in [6, 6.07) is 6.91. The Morgan fingerprint density at radius 3 is 2.84 bits per heavy atom. The lowest BCUT2D eigenvalue weighted by atomic mass is 10.1. The maximum atomic E-state index is 9.85. The SMILES string of the molecule is Oc1ccccc1-c1nc(CSc2nnc(N3CCCCC3)s2)no1. The second kappa shape index (κ2) is 7.40. The lowest BCUT2D eigenvalue weighted by Gasteiger charge is -2.25. The third kappa shape index (κ3) is 3.77. The molecular formula is C16H17N5O2S2. The van der Waals surface area contributed by atoms with Crippen LogP contribution < -0.4 is 4.90 Å². The number of anilines is 1. The summed E-state index contributed by atoms with van der Waals surface area (Å²) in [5, 5.41) is 23.4. The van der Waals surface area contributed by atoms with Gasteiger partial charge < -0.3 is 14.5 Å². The first-order chi connectivity index (χ1) is 12.3. The third-order valence-corrected chi connectivity index (χ3v) is 6.06. The van der Waals surface area contributed by atoms with E-state index in [0.29, 0.717) is 23.0 Å². The first kappa shape index (κ1) is 16.3. The molecule has 1 fully saturated rings. The Hall–Kier alpha value is -2.13. The molecule has 0 unspecified atom stereocenters. The van der Waals surface area contributed by atoms with Crippen molar-refractivity contribution in [3.63, 3.8) is 0 Å². The van der Waals surface area contributed by atoms with E-state index in [1.165, 1.54) is 19.3 Å². The van der Waals surface area contributed by atoms with Crippen molar-refractivity contribution in [2.75, 3.05) is 18.0 Å². The van der Waals surface area contributed by atoms with E-state index >= 15 is 0 Å². The van der Waals surface area contributed by atoms with Crippen molar-refractivity contribution >= 4 is 28.2 Å². The van der Waals surface area contributed by atoms with Crippen molar-refractivity contribution in [1.29, 1.82) is 0 Å². The van der Waals surface area contributed by atoms with Crippen LogP contribution in [0.5, 0.6) is 5.75 Å². The molecule has 0 radical (unpaired) electrons. The summed E-state index contributed by atoms with van der Waals surface area (Å²) in [6.45, 7) is 2.13. The molecule has 3 heterocycles. The number of nitrogens with zero attached hydrogens (tertiary/aromatic N) is 5. The van der Waals surface area contributed by atoms with E-state index in [2.05, 4.69) is 25.2 Å². The van der Waals surface area contributed by atoms with E-state index in [-0.39, 0.29) is 5.75 Å². The lowest BCUT2D eigenvalue weighted by molar-refractivity contribution is 0.419. The molecule has 130 valence electrons. The van der Waals surface area contributed by atoms with Crippen molar-refractivity contribution in [3.8, 4) is 17.2 Å². The highest BCUT2D eigenvalue weighted by Gasteiger charge is 2.17. The van der Waals surface area contributed by atoms with Crippen molar-refractivity contribution < 1.29 is 9.63 Å². The van der Waals surface area contributed by atoms with Gasteiger partial charge in [0.2, 0.25) is 5.13 Å². The van der Waals surface area contributed by atoms with Crippen LogP contribution in [0.2, 0.25) is 0 Å². The van der Waals surface area contributed by atoms with Gasteiger partial charge in [-0.25, -0.2) is 0 Å². The predicted molar refractivity (Wildman–Crippen MR) is 96.9 cm³/mol. The maximum absolute atomic E-state index is 9.85. The molecule has 9 heteroatoms. The van der Waals surface area contributed by atoms with Crippen LogP contribution >= 0.6 is 23.1 Å². The zero-order chi connectivity index (χ0) is 17.1. The smallest absolute Gasteiger partial charge is 0.261 e. The fourth-order valence-electron chi connectivity index (χ4n) is 2.68. The Bertz CT molecular complexity index is 844. The van der Waals surface area contributed by atoms with E-state index in [1.807, 2.05) is 6.07 Å². The number of benzene rings is 1. The van der Waals surface area contributed by atoms with Gasteiger partial charge in [0.15, 0.2) is 10.2 Å². The predicted octanol–water partition coefficient (Wildman–Crippen LogP) is 3.58. The van der Waals surface area contributed by atoms with Gasteiger partial charge in [0.05, 0.1) is 11.3 Å². The average molecular weight is 375 g/mol. The second-order valence-electron chi connectivity index (χ2n) is 5.72. The van der Waals surface area contributed by atoms with Gasteiger partial charge in [0.1, 0.15) is 5.75 Å². The van der Waals surface area contributed by atoms with Gasteiger partial charge >= 0.3 is 0 Å². The molecule has 1 aromatic carbocycles. The van der Waals surface area contributed by atoms with Crippen LogP contribution in [0, 0.1) is 0 Å². The van der Waals surface area contributed by atoms with E-state index in [1.54, 1.807) is 41.3 Å².